The van der Waals surface area contributed by atoms with Crippen LogP contribution in [0.2, 0.25) is 0 Å². The number of methoxy groups -OCH3 is 4. The number of rotatable bonds is 14. The van der Waals surface area contributed by atoms with Gasteiger partial charge in [0.2, 0.25) is 0 Å². The van der Waals surface area contributed by atoms with Crippen LogP contribution in [0.15, 0.2) is 30.3 Å². The van der Waals surface area contributed by atoms with E-state index in [-0.39, 0.29) is 17.3 Å². The SMILES string of the molecule is CCC(C(=O)O)[C@]1(CCN(C)CCc2ccc(OC)c(OC)c2)CCc2cc(OC)c(OC)cc2[C@@H]1C(C)C. The molecule has 7 heteroatoms. The minimum absolute atomic E-state index is 0.0985. The number of carboxylic acids is 1. The Hall–Kier alpha value is -2.93. The Kier molecular flexibility index (Phi) is 10.5. The molecule has 1 N–H and O–H groups in total. The molecule has 0 heterocycles. The summed E-state index contributed by atoms with van der Waals surface area (Å²) in [5.41, 5.74) is 3.27. The predicted octanol–water partition coefficient (Wildman–Crippen LogP) is 6.07. The molecule has 0 aromatic heterocycles. The number of carboxylic acid groups (broad SMARTS) is 1. The summed E-state index contributed by atoms with van der Waals surface area (Å²) in [6.45, 7) is 8.15. The van der Waals surface area contributed by atoms with Crippen LogP contribution in [0.25, 0.3) is 0 Å². The highest BCUT2D eigenvalue weighted by Crippen LogP contribution is 2.57. The predicted molar refractivity (Wildman–Crippen MR) is 155 cm³/mol. The molecule has 0 fully saturated rings. The lowest BCUT2D eigenvalue weighted by atomic mass is 9.53. The summed E-state index contributed by atoms with van der Waals surface area (Å²) >= 11 is 0. The number of aryl methyl sites for hydroxylation is 1. The van der Waals surface area contributed by atoms with E-state index in [0.717, 1.165) is 56.0 Å². The van der Waals surface area contributed by atoms with Crippen molar-refractivity contribution in [3.63, 3.8) is 0 Å². The molecule has 7 nitrogen and oxygen atoms in total. The van der Waals surface area contributed by atoms with Gasteiger partial charge in [0.05, 0.1) is 34.4 Å². The van der Waals surface area contributed by atoms with Crippen molar-refractivity contribution in [2.75, 3.05) is 48.6 Å². The minimum atomic E-state index is -0.694. The Balaban J connectivity index is 1.89. The van der Waals surface area contributed by atoms with Gasteiger partial charge in [-0.15, -0.1) is 0 Å². The van der Waals surface area contributed by atoms with Gasteiger partial charge in [0.25, 0.3) is 0 Å². The molecule has 0 spiro atoms. The average molecular weight is 542 g/mol. The normalized spacial score (nSPS) is 19.5. The van der Waals surface area contributed by atoms with Gasteiger partial charge in [0.1, 0.15) is 0 Å². The van der Waals surface area contributed by atoms with Gasteiger partial charge in [-0.2, -0.15) is 0 Å². The van der Waals surface area contributed by atoms with Crippen LogP contribution in [0.4, 0.5) is 0 Å². The Morgan fingerprint density at radius 3 is 2.15 bits per heavy atom. The molecule has 1 unspecified atom stereocenters. The summed E-state index contributed by atoms with van der Waals surface area (Å²) in [6.07, 6.45) is 3.96. The second-order valence-corrected chi connectivity index (χ2v) is 11.2. The van der Waals surface area contributed by atoms with E-state index in [1.807, 2.05) is 19.1 Å². The van der Waals surface area contributed by atoms with Crippen molar-refractivity contribution in [1.82, 2.24) is 4.90 Å². The van der Waals surface area contributed by atoms with Crippen molar-refractivity contribution in [2.24, 2.45) is 17.3 Å². The molecule has 3 atom stereocenters. The van der Waals surface area contributed by atoms with Crippen LogP contribution in [0.5, 0.6) is 23.0 Å². The maximum atomic E-state index is 12.7. The number of ether oxygens (including phenoxy) is 4. The van der Waals surface area contributed by atoms with Crippen molar-refractivity contribution >= 4 is 5.97 Å². The van der Waals surface area contributed by atoms with Crippen LogP contribution in [0.3, 0.4) is 0 Å². The third kappa shape index (κ3) is 6.46. The highest BCUT2D eigenvalue weighted by Gasteiger charge is 2.51. The van der Waals surface area contributed by atoms with Gasteiger partial charge < -0.3 is 29.0 Å². The molecule has 0 radical (unpaired) electrons. The molecule has 2 aromatic rings. The molecule has 0 amide bonds. The Morgan fingerprint density at radius 1 is 0.974 bits per heavy atom. The van der Waals surface area contributed by atoms with Gasteiger partial charge in [0, 0.05) is 6.54 Å². The molecule has 0 saturated heterocycles. The lowest BCUT2D eigenvalue weighted by molar-refractivity contribution is -0.149. The largest absolute Gasteiger partial charge is 0.493 e. The van der Waals surface area contributed by atoms with E-state index in [1.54, 1.807) is 28.4 Å². The van der Waals surface area contributed by atoms with Crippen LogP contribution in [-0.2, 0) is 17.6 Å². The van der Waals surface area contributed by atoms with Gasteiger partial charge in [-0.25, -0.2) is 0 Å². The van der Waals surface area contributed by atoms with Gasteiger partial charge in [-0.1, -0.05) is 26.8 Å². The summed E-state index contributed by atoms with van der Waals surface area (Å²) in [6, 6.07) is 10.2. The smallest absolute Gasteiger partial charge is 0.307 e. The maximum absolute atomic E-state index is 12.7. The molecule has 216 valence electrons. The highest BCUT2D eigenvalue weighted by atomic mass is 16.5. The third-order valence-corrected chi connectivity index (χ3v) is 8.72. The molecule has 3 rings (SSSR count). The van der Waals surface area contributed by atoms with E-state index in [9.17, 15) is 9.90 Å². The average Bonchev–Trinajstić information content (AvgIpc) is 2.93. The molecular formula is C32H47NO6. The Labute approximate surface area is 234 Å². The monoisotopic (exact) mass is 541 g/mol. The van der Waals surface area contributed by atoms with Crippen LogP contribution >= 0.6 is 0 Å². The van der Waals surface area contributed by atoms with Crippen LogP contribution in [-0.4, -0.2) is 64.6 Å². The number of nitrogens with zero attached hydrogens (tertiary/aromatic N) is 1. The fourth-order valence-electron chi connectivity index (χ4n) is 6.84. The number of carbonyl (C=O) groups is 1. The molecule has 39 heavy (non-hydrogen) atoms. The summed E-state index contributed by atoms with van der Waals surface area (Å²) in [4.78, 5) is 15.1. The maximum Gasteiger partial charge on any atom is 0.307 e. The van der Waals surface area contributed by atoms with E-state index in [1.165, 1.54) is 16.7 Å². The number of aliphatic carboxylic acids is 1. The molecule has 0 bridgehead atoms. The lowest BCUT2D eigenvalue weighted by Crippen LogP contribution is -2.47. The van der Waals surface area contributed by atoms with Gasteiger partial charge >= 0.3 is 5.97 Å². The first-order chi connectivity index (χ1) is 18.6. The van der Waals surface area contributed by atoms with Gasteiger partial charge in [-0.05, 0) is 104 Å². The summed E-state index contributed by atoms with van der Waals surface area (Å²) < 4.78 is 22.1. The summed E-state index contributed by atoms with van der Waals surface area (Å²) in [7, 11) is 8.74. The van der Waals surface area contributed by atoms with E-state index in [2.05, 4.69) is 44.0 Å². The molecule has 2 aromatic carbocycles. The zero-order valence-corrected chi connectivity index (χ0v) is 25.0. The summed E-state index contributed by atoms with van der Waals surface area (Å²) in [5.74, 6) is 2.14. The molecule has 0 saturated carbocycles. The third-order valence-electron chi connectivity index (χ3n) is 8.72. The quantitative estimate of drug-likeness (QED) is 0.311. The van der Waals surface area contributed by atoms with Crippen LogP contribution < -0.4 is 18.9 Å². The van der Waals surface area contributed by atoms with Crippen molar-refractivity contribution in [3.8, 4) is 23.0 Å². The number of likely N-dealkylation sites (N-methyl/N-ethyl adjacent to an activating group) is 1. The second-order valence-electron chi connectivity index (χ2n) is 11.2. The highest BCUT2D eigenvalue weighted by molar-refractivity contribution is 5.71. The van der Waals surface area contributed by atoms with Crippen LogP contribution in [0.1, 0.15) is 62.6 Å². The molecule has 1 aliphatic carbocycles. The van der Waals surface area contributed by atoms with E-state index >= 15 is 0 Å². The van der Waals surface area contributed by atoms with Crippen molar-refractivity contribution in [1.29, 1.82) is 0 Å². The fraction of sp³-hybridized carbons (Fsp3) is 0.594. The first-order valence-electron chi connectivity index (χ1n) is 14.0. The van der Waals surface area contributed by atoms with Crippen molar-refractivity contribution in [2.45, 2.75) is 58.8 Å². The molecule has 0 aliphatic heterocycles. The number of hydrogen-bond donors (Lipinski definition) is 1. The number of fused-ring (bicyclic) bond motifs is 1. The fourth-order valence-corrected chi connectivity index (χ4v) is 6.84. The van der Waals surface area contributed by atoms with E-state index in [4.69, 9.17) is 18.9 Å². The lowest BCUT2D eigenvalue weighted by Gasteiger charge is -2.51. The minimum Gasteiger partial charge on any atom is -0.493 e. The standard InChI is InChI=1S/C32H47NO6/c1-9-25(31(34)35)32(15-17-33(4)16-13-22-10-11-26(36-5)27(18-22)37-6)14-12-23-19-28(38-7)29(39-8)20-24(23)30(32)21(2)3/h10-11,18-21,25,30H,9,12-17H2,1-8H3,(H,34,35)/t25?,30-,32+/m0/s1. The molecular weight excluding hydrogens is 494 g/mol. The topological polar surface area (TPSA) is 77.5 Å². The van der Waals surface area contributed by atoms with E-state index in [0.29, 0.717) is 12.2 Å². The van der Waals surface area contributed by atoms with Gasteiger partial charge in [0.15, 0.2) is 23.0 Å². The zero-order chi connectivity index (χ0) is 28.7. The van der Waals surface area contributed by atoms with Crippen molar-refractivity contribution in [3.05, 3.63) is 47.0 Å². The second kappa shape index (κ2) is 13.4. The first-order valence-corrected chi connectivity index (χ1v) is 14.0. The first kappa shape index (κ1) is 30.6. The van der Waals surface area contributed by atoms with E-state index < -0.39 is 11.9 Å². The molecule has 1 aliphatic rings. The summed E-state index contributed by atoms with van der Waals surface area (Å²) in [5, 5.41) is 10.5. The van der Waals surface area contributed by atoms with Gasteiger partial charge in [-0.3, -0.25) is 4.79 Å². The van der Waals surface area contributed by atoms with Crippen LogP contribution in [0, 0.1) is 17.3 Å². The van der Waals surface area contributed by atoms with Crippen molar-refractivity contribution < 1.29 is 28.8 Å². The Bertz CT molecular complexity index is 1120. The zero-order valence-electron chi connectivity index (χ0n) is 25.0. The number of hydrogen-bond acceptors (Lipinski definition) is 6. The number of benzene rings is 2. The Morgan fingerprint density at radius 2 is 1.59 bits per heavy atom.